The van der Waals surface area contributed by atoms with Crippen molar-refractivity contribution in [1.29, 1.82) is 0 Å². The van der Waals surface area contributed by atoms with E-state index in [-0.39, 0.29) is 18.4 Å². The van der Waals surface area contributed by atoms with E-state index >= 15 is 0 Å². The van der Waals surface area contributed by atoms with Crippen LogP contribution in [0, 0.1) is 0 Å². The lowest BCUT2D eigenvalue weighted by Crippen LogP contribution is -2.47. The van der Waals surface area contributed by atoms with E-state index in [0.29, 0.717) is 17.8 Å². The molecule has 0 heterocycles. The Bertz CT molecular complexity index is 1360. The minimum Gasteiger partial charge on any atom is -0.444 e. The second-order valence-corrected chi connectivity index (χ2v) is 11.5. The molecule has 0 radical (unpaired) electrons. The maximum atomic E-state index is 14.1. The van der Waals surface area contributed by atoms with Crippen LogP contribution in [0.15, 0.2) is 73.3 Å². The van der Waals surface area contributed by atoms with Crippen molar-refractivity contribution in [2.75, 3.05) is 18.4 Å². The van der Waals surface area contributed by atoms with E-state index in [9.17, 15) is 14.4 Å². The van der Waals surface area contributed by atoms with Gasteiger partial charge in [-0.1, -0.05) is 100 Å². The van der Waals surface area contributed by atoms with Gasteiger partial charge >= 0.3 is 6.09 Å². The molecule has 0 aromatic heterocycles. The van der Waals surface area contributed by atoms with Crippen molar-refractivity contribution < 1.29 is 19.1 Å². The summed E-state index contributed by atoms with van der Waals surface area (Å²) in [7, 11) is 0. The number of ether oxygens (including phenoxy) is 1. The third-order valence-electron chi connectivity index (χ3n) is 6.89. The quantitative estimate of drug-likeness (QED) is 0.193. The first-order valence-electron chi connectivity index (χ1n) is 14.9. The lowest BCUT2D eigenvalue weighted by atomic mass is 10.00. The molecule has 0 bridgehead atoms. The first-order chi connectivity index (χ1) is 20.1. The molecule has 2 N–H and O–H groups in total. The number of carbonyl (C=O) groups excluding carboxylic acids is 3. The molecule has 7 heteroatoms. The average molecular weight is 572 g/mol. The smallest absolute Gasteiger partial charge is 0.408 e. The molecule has 0 saturated heterocycles. The van der Waals surface area contributed by atoms with Gasteiger partial charge in [0.2, 0.25) is 5.91 Å². The van der Waals surface area contributed by atoms with Crippen LogP contribution in [-0.2, 0) is 14.3 Å². The number of fused-ring (bicyclic) bond motifs is 1. The summed E-state index contributed by atoms with van der Waals surface area (Å²) in [5.74, 6) is -0.694. The van der Waals surface area contributed by atoms with Gasteiger partial charge in [-0.05, 0) is 67.3 Å². The summed E-state index contributed by atoms with van der Waals surface area (Å²) in [6.45, 7) is 11.4. The molecule has 0 saturated carbocycles. The Hall–Kier alpha value is -4.13. The predicted octanol–water partition coefficient (Wildman–Crippen LogP) is 7.88. The highest BCUT2D eigenvalue weighted by Crippen LogP contribution is 2.27. The molecule has 0 aliphatic carbocycles. The molecule has 1 unspecified atom stereocenters. The topological polar surface area (TPSA) is 87.7 Å². The van der Waals surface area contributed by atoms with Gasteiger partial charge in [0.05, 0.1) is 0 Å². The molecule has 7 nitrogen and oxygen atoms in total. The monoisotopic (exact) mass is 571 g/mol. The van der Waals surface area contributed by atoms with Gasteiger partial charge in [0, 0.05) is 12.2 Å². The Labute approximate surface area is 250 Å². The second-order valence-electron chi connectivity index (χ2n) is 11.5. The second kappa shape index (κ2) is 15.8. The number of hydrogen-bond acceptors (Lipinski definition) is 4. The van der Waals surface area contributed by atoms with Crippen LogP contribution in [0.4, 0.5) is 10.5 Å². The summed E-state index contributed by atoms with van der Waals surface area (Å²) in [5, 5.41) is 7.69. The van der Waals surface area contributed by atoms with Gasteiger partial charge in [-0.15, -0.1) is 0 Å². The molecular weight excluding hydrogens is 526 g/mol. The van der Waals surface area contributed by atoms with E-state index in [0.717, 1.165) is 48.4 Å². The van der Waals surface area contributed by atoms with Crippen molar-refractivity contribution in [1.82, 2.24) is 10.2 Å². The zero-order chi connectivity index (χ0) is 30.5. The summed E-state index contributed by atoms with van der Waals surface area (Å²) in [6, 6.07) is 20.2. The number of carbonyl (C=O) groups is 3. The van der Waals surface area contributed by atoms with Crippen molar-refractivity contribution in [2.24, 2.45) is 0 Å². The number of alkyl carbamates (subject to hydrolysis) is 1. The maximum Gasteiger partial charge on any atom is 0.408 e. The molecule has 1 atom stereocenters. The van der Waals surface area contributed by atoms with Crippen LogP contribution in [0.3, 0.4) is 0 Å². The highest BCUT2D eigenvalue weighted by Gasteiger charge is 2.32. The van der Waals surface area contributed by atoms with Crippen molar-refractivity contribution in [3.63, 3.8) is 0 Å². The van der Waals surface area contributed by atoms with Crippen molar-refractivity contribution >= 4 is 40.4 Å². The van der Waals surface area contributed by atoms with Crippen LogP contribution in [0.2, 0.25) is 0 Å². The van der Waals surface area contributed by atoms with Crippen molar-refractivity contribution in [3.05, 3.63) is 84.4 Å². The van der Waals surface area contributed by atoms with E-state index in [2.05, 4.69) is 24.1 Å². The number of benzene rings is 3. The summed E-state index contributed by atoms with van der Waals surface area (Å²) in [5.41, 5.74) is 1.46. The number of amides is 3. The number of hydrogen-bond donors (Lipinski definition) is 2. The molecule has 3 aromatic rings. The summed E-state index contributed by atoms with van der Waals surface area (Å²) < 4.78 is 5.33. The maximum absolute atomic E-state index is 14.1. The Morgan fingerprint density at radius 2 is 1.62 bits per heavy atom. The molecule has 0 aliphatic heterocycles. The van der Waals surface area contributed by atoms with E-state index in [4.69, 9.17) is 4.74 Å². The van der Waals surface area contributed by atoms with Crippen molar-refractivity contribution in [2.45, 2.75) is 77.9 Å². The average Bonchev–Trinajstić information content (AvgIpc) is 2.96. The summed E-state index contributed by atoms with van der Waals surface area (Å²) in [6.07, 6.45) is 7.24. The Morgan fingerprint density at radius 1 is 0.905 bits per heavy atom. The van der Waals surface area contributed by atoms with Gasteiger partial charge in [-0.25, -0.2) is 4.79 Å². The minimum absolute atomic E-state index is 0.286. The first kappa shape index (κ1) is 32.4. The van der Waals surface area contributed by atoms with Crippen LogP contribution in [-0.4, -0.2) is 41.5 Å². The van der Waals surface area contributed by atoms with E-state index in [1.807, 2.05) is 66.7 Å². The van der Waals surface area contributed by atoms with Gasteiger partial charge in [0.1, 0.15) is 18.2 Å². The van der Waals surface area contributed by atoms with Gasteiger partial charge in [-0.2, -0.15) is 0 Å². The molecule has 0 aliphatic rings. The standard InChI is InChI=1S/C35H45N3O4/c1-6-8-9-10-11-14-22-38(31(39)25-36-34(41)42-35(3,4)5)32(29-19-15-16-26(7-2)23-29)33(40)37-30-21-20-27-17-12-13-18-28(27)24-30/h7,12-13,15-21,23-24,32H,2,6,8-11,14,22,25H2,1,3-5H3,(H,36,41)(H,37,40). The fourth-order valence-electron chi connectivity index (χ4n) is 4.83. The van der Waals surface area contributed by atoms with Crippen LogP contribution in [0.5, 0.6) is 0 Å². The molecule has 224 valence electrons. The van der Waals surface area contributed by atoms with Crippen LogP contribution in [0.25, 0.3) is 16.8 Å². The minimum atomic E-state index is -0.917. The van der Waals surface area contributed by atoms with E-state index in [1.54, 1.807) is 31.7 Å². The zero-order valence-corrected chi connectivity index (χ0v) is 25.4. The largest absolute Gasteiger partial charge is 0.444 e. The molecule has 3 amide bonds. The van der Waals surface area contributed by atoms with Gasteiger partial charge in [-0.3, -0.25) is 9.59 Å². The molecule has 0 spiro atoms. The highest BCUT2D eigenvalue weighted by atomic mass is 16.6. The van der Waals surface area contributed by atoms with Crippen LogP contribution < -0.4 is 10.6 Å². The number of unbranched alkanes of at least 4 members (excludes halogenated alkanes) is 5. The summed E-state index contributed by atoms with van der Waals surface area (Å²) in [4.78, 5) is 41.7. The Morgan fingerprint density at radius 3 is 2.33 bits per heavy atom. The SMILES string of the molecule is C=Cc1cccc(C(C(=O)Nc2ccc3ccccc3c2)N(CCCCCCCC)C(=O)CNC(=O)OC(C)(C)C)c1. The number of anilines is 1. The Balaban J connectivity index is 1.91. The summed E-state index contributed by atoms with van der Waals surface area (Å²) >= 11 is 0. The normalized spacial score (nSPS) is 11.9. The fraction of sp³-hybridized carbons (Fsp3) is 0.400. The van der Waals surface area contributed by atoms with E-state index in [1.165, 1.54) is 6.42 Å². The predicted molar refractivity (Wildman–Crippen MR) is 171 cm³/mol. The third kappa shape index (κ3) is 10.1. The van der Waals surface area contributed by atoms with Crippen molar-refractivity contribution in [3.8, 4) is 0 Å². The van der Waals surface area contributed by atoms with Crippen LogP contribution in [0.1, 0.15) is 83.4 Å². The number of nitrogens with one attached hydrogen (secondary N) is 2. The molecular formula is C35H45N3O4. The van der Waals surface area contributed by atoms with E-state index < -0.39 is 17.7 Å². The molecule has 3 rings (SSSR count). The van der Waals surface area contributed by atoms with Gasteiger partial charge in [0.15, 0.2) is 0 Å². The third-order valence-corrected chi connectivity index (χ3v) is 6.89. The lowest BCUT2D eigenvalue weighted by Gasteiger charge is -2.32. The Kier molecular flexibility index (Phi) is 12.1. The number of nitrogens with zero attached hydrogens (tertiary/aromatic N) is 1. The molecule has 3 aromatic carbocycles. The zero-order valence-electron chi connectivity index (χ0n) is 25.4. The van der Waals surface area contributed by atoms with Gasteiger partial charge in [0.25, 0.3) is 5.91 Å². The number of rotatable bonds is 14. The van der Waals surface area contributed by atoms with Gasteiger partial charge < -0.3 is 20.3 Å². The lowest BCUT2D eigenvalue weighted by molar-refractivity contribution is -0.138. The highest BCUT2D eigenvalue weighted by molar-refractivity contribution is 6.00. The first-order valence-corrected chi connectivity index (χ1v) is 14.9. The van der Waals surface area contributed by atoms with Crippen LogP contribution >= 0.6 is 0 Å². The molecule has 42 heavy (non-hydrogen) atoms. The molecule has 0 fully saturated rings. The fourth-order valence-corrected chi connectivity index (χ4v) is 4.83.